The predicted octanol–water partition coefficient (Wildman–Crippen LogP) is 6.53. The minimum Gasteiger partial charge on any atom is -0.0847 e. The second kappa shape index (κ2) is 4.99. The number of rotatable bonds is 1. The molecule has 2 fully saturated rings. The van der Waals surface area contributed by atoms with Crippen LogP contribution in [0.15, 0.2) is 23.3 Å². The Balaban J connectivity index is 1.69. The molecule has 6 atom stereocenters. The van der Waals surface area contributed by atoms with Crippen molar-refractivity contribution in [2.75, 3.05) is 0 Å². The van der Waals surface area contributed by atoms with Gasteiger partial charge >= 0.3 is 0 Å². The molecule has 0 aliphatic heterocycles. The summed E-state index contributed by atoms with van der Waals surface area (Å²) < 4.78 is 0. The van der Waals surface area contributed by atoms with Gasteiger partial charge in [-0.25, -0.2) is 0 Å². The highest BCUT2D eigenvalue weighted by atomic mass is 14.6. The molecule has 0 N–H and O–H groups in total. The molecule has 0 saturated heterocycles. The summed E-state index contributed by atoms with van der Waals surface area (Å²) in [5.41, 5.74) is 4.70. The largest absolute Gasteiger partial charge is 0.0847 e. The van der Waals surface area contributed by atoms with Gasteiger partial charge in [-0.3, -0.25) is 0 Å². The maximum atomic E-state index is 2.70. The van der Waals surface area contributed by atoms with Crippen molar-refractivity contribution in [1.29, 1.82) is 0 Å². The molecule has 6 unspecified atom stereocenters. The lowest BCUT2D eigenvalue weighted by Gasteiger charge is -2.58. The first-order valence-corrected chi connectivity index (χ1v) is 9.88. The van der Waals surface area contributed by atoms with E-state index in [-0.39, 0.29) is 0 Å². The summed E-state index contributed by atoms with van der Waals surface area (Å²) in [5, 5.41) is 0. The van der Waals surface area contributed by atoms with E-state index < -0.39 is 0 Å². The maximum Gasteiger partial charge on any atom is -0.00593 e. The van der Waals surface area contributed by atoms with E-state index in [1.54, 1.807) is 5.57 Å². The van der Waals surface area contributed by atoms with Crippen LogP contribution in [0.1, 0.15) is 79.1 Å². The summed E-state index contributed by atoms with van der Waals surface area (Å²) >= 11 is 0. The van der Waals surface area contributed by atoms with Crippen LogP contribution in [0, 0.1) is 34.5 Å². The Bertz CT molecular complexity index is 524. The third-order valence-electron chi connectivity index (χ3n) is 8.65. The molecular weight excluding hydrogens is 264 g/mol. The van der Waals surface area contributed by atoms with Gasteiger partial charge in [0.1, 0.15) is 0 Å². The maximum absolute atomic E-state index is 2.70. The van der Waals surface area contributed by atoms with E-state index in [0.717, 1.165) is 23.7 Å². The van der Waals surface area contributed by atoms with Gasteiger partial charge in [0.25, 0.3) is 0 Å². The van der Waals surface area contributed by atoms with Crippen LogP contribution in [-0.4, -0.2) is 0 Å². The Kier molecular flexibility index (Phi) is 3.41. The zero-order valence-electron chi connectivity index (χ0n) is 15.1. The molecule has 4 aliphatic carbocycles. The summed E-state index contributed by atoms with van der Waals surface area (Å²) in [6.45, 7) is 9.97. The topological polar surface area (TPSA) is 0 Å². The van der Waals surface area contributed by atoms with Gasteiger partial charge in [0, 0.05) is 0 Å². The molecule has 0 aromatic carbocycles. The fraction of sp³-hybridized carbons (Fsp3) is 0.818. The molecule has 0 radical (unpaired) electrons. The fourth-order valence-electron chi connectivity index (χ4n) is 7.17. The zero-order chi connectivity index (χ0) is 15.5. The van der Waals surface area contributed by atoms with Crippen molar-refractivity contribution in [3.63, 3.8) is 0 Å². The number of hydrogen-bond donors (Lipinski definition) is 0. The van der Waals surface area contributed by atoms with Crippen molar-refractivity contribution in [2.45, 2.75) is 79.1 Å². The van der Waals surface area contributed by atoms with Crippen LogP contribution < -0.4 is 0 Å². The molecule has 0 heteroatoms. The lowest BCUT2D eigenvalue weighted by atomic mass is 9.46. The van der Waals surface area contributed by atoms with Crippen LogP contribution in [0.25, 0.3) is 0 Å². The molecule has 0 aromatic rings. The van der Waals surface area contributed by atoms with Crippen LogP contribution >= 0.6 is 0 Å². The lowest BCUT2D eigenvalue weighted by molar-refractivity contribution is -0.0288. The minimum absolute atomic E-state index is 0.547. The number of allylic oxidation sites excluding steroid dienone is 4. The highest BCUT2D eigenvalue weighted by Gasteiger charge is 2.56. The van der Waals surface area contributed by atoms with Crippen molar-refractivity contribution in [1.82, 2.24) is 0 Å². The molecule has 0 amide bonds. The lowest BCUT2D eigenvalue weighted by Crippen LogP contribution is -2.50. The van der Waals surface area contributed by atoms with Crippen LogP contribution in [0.3, 0.4) is 0 Å². The van der Waals surface area contributed by atoms with Crippen molar-refractivity contribution in [3.8, 4) is 0 Å². The standard InChI is InChI=1S/C22H34/c1-5-22-13-11-19-18(20(22)9-6-16(22)3)8-7-17-14-15(2)10-12-21(17,19)4/h6-7,15,18-20H,5,8-14H2,1-4H3. The van der Waals surface area contributed by atoms with E-state index in [4.69, 9.17) is 0 Å². The monoisotopic (exact) mass is 298 g/mol. The smallest absolute Gasteiger partial charge is 0.00593 e. The van der Waals surface area contributed by atoms with Crippen molar-refractivity contribution >= 4 is 0 Å². The normalized spacial score (nSPS) is 50.5. The number of fused-ring (bicyclic) bond motifs is 5. The Morgan fingerprint density at radius 2 is 1.91 bits per heavy atom. The molecule has 122 valence electrons. The van der Waals surface area contributed by atoms with Crippen LogP contribution in [0.2, 0.25) is 0 Å². The SMILES string of the molecule is CCC12CCC3C(CC=C4CC(C)CCC43C)C1CC=C2C. The Morgan fingerprint density at radius 1 is 1.09 bits per heavy atom. The van der Waals surface area contributed by atoms with Crippen molar-refractivity contribution < 1.29 is 0 Å². The van der Waals surface area contributed by atoms with Gasteiger partial charge in [0.2, 0.25) is 0 Å². The zero-order valence-corrected chi connectivity index (χ0v) is 15.1. The average Bonchev–Trinajstić information content (AvgIpc) is 2.86. The third-order valence-corrected chi connectivity index (χ3v) is 8.65. The Morgan fingerprint density at radius 3 is 2.68 bits per heavy atom. The second-order valence-electron chi connectivity index (χ2n) is 9.28. The van der Waals surface area contributed by atoms with E-state index >= 15 is 0 Å². The van der Waals surface area contributed by atoms with E-state index in [0.29, 0.717) is 10.8 Å². The van der Waals surface area contributed by atoms with Crippen LogP contribution in [-0.2, 0) is 0 Å². The van der Waals surface area contributed by atoms with Gasteiger partial charge in [-0.1, -0.05) is 44.1 Å². The predicted molar refractivity (Wildman–Crippen MR) is 94.6 cm³/mol. The first-order chi connectivity index (χ1) is 10.5. The quantitative estimate of drug-likeness (QED) is 0.483. The van der Waals surface area contributed by atoms with Gasteiger partial charge in [-0.05, 0) is 92.8 Å². The third kappa shape index (κ3) is 1.82. The van der Waals surface area contributed by atoms with Crippen molar-refractivity contribution in [2.24, 2.45) is 34.5 Å². The van der Waals surface area contributed by atoms with Gasteiger partial charge in [0.05, 0.1) is 0 Å². The van der Waals surface area contributed by atoms with Crippen molar-refractivity contribution in [3.05, 3.63) is 23.3 Å². The molecule has 22 heavy (non-hydrogen) atoms. The fourth-order valence-corrected chi connectivity index (χ4v) is 7.17. The summed E-state index contributed by atoms with van der Waals surface area (Å²) in [4.78, 5) is 0. The molecule has 0 spiro atoms. The van der Waals surface area contributed by atoms with Gasteiger partial charge < -0.3 is 0 Å². The molecule has 2 saturated carbocycles. The van der Waals surface area contributed by atoms with Gasteiger partial charge in [-0.2, -0.15) is 0 Å². The Labute approximate surface area is 137 Å². The van der Waals surface area contributed by atoms with Gasteiger partial charge in [-0.15, -0.1) is 0 Å². The summed E-state index contributed by atoms with van der Waals surface area (Å²) in [5.74, 6) is 3.81. The van der Waals surface area contributed by atoms with E-state index in [1.165, 1.54) is 51.4 Å². The first-order valence-electron chi connectivity index (χ1n) is 9.88. The molecule has 0 heterocycles. The molecule has 4 aliphatic rings. The molecule has 0 aromatic heterocycles. The first kappa shape index (κ1) is 15.0. The molecule has 4 rings (SSSR count). The van der Waals surface area contributed by atoms with Crippen LogP contribution in [0.4, 0.5) is 0 Å². The van der Waals surface area contributed by atoms with E-state index in [2.05, 4.69) is 39.8 Å². The van der Waals surface area contributed by atoms with E-state index in [1.807, 2.05) is 5.57 Å². The Hall–Kier alpha value is -0.520. The highest BCUT2D eigenvalue weighted by molar-refractivity contribution is 5.29. The van der Waals surface area contributed by atoms with E-state index in [9.17, 15) is 0 Å². The molecular formula is C22H34. The molecule has 0 nitrogen and oxygen atoms in total. The van der Waals surface area contributed by atoms with Crippen LogP contribution in [0.5, 0.6) is 0 Å². The summed E-state index contributed by atoms with van der Waals surface area (Å²) in [6.07, 6.45) is 16.7. The summed E-state index contributed by atoms with van der Waals surface area (Å²) in [7, 11) is 0. The molecule has 0 bridgehead atoms. The highest BCUT2D eigenvalue weighted by Crippen LogP contribution is 2.66. The summed E-state index contributed by atoms with van der Waals surface area (Å²) in [6, 6.07) is 0. The average molecular weight is 299 g/mol. The minimum atomic E-state index is 0.547. The second-order valence-corrected chi connectivity index (χ2v) is 9.28. The number of hydrogen-bond acceptors (Lipinski definition) is 0. The van der Waals surface area contributed by atoms with Gasteiger partial charge in [0.15, 0.2) is 0 Å².